The summed E-state index contributed by atoms with van der Waals surface area (Å²) in [5.74, 6) is 0. The lowest BCUT2D eigenvalue weighted by Gasteiger charge is -2.29. The molecule has 0 fully saturated rings. The van der Waals surface area contributed by atoms with Crippen LogP contribution in [-0.4, -0.2) is 42.0 Å². The predicted octanol–water partition coefficient (Wildman–Crippen LogP) is 2.39. The first-order valence-corrected chi connectivity index (χ1v) is 7.24. The van der Waals surface area contributed by atoms with Gasteiger partial charge in [0.2, 0.25) is 0 Å². The van der Waals surface area contributed by atoms with Crippen LogP contribution in [0.15, 0.2) is 24.3 Å². The fourth-order valence-electron chi connectivity index (χ4n) is 2.53. The molecule has 2 amide bonds. The summed E-state index contributed by atoms with van der Waals surface area (Å²) in [7, 11) is 1.57. The highest BCUT2D eigenvalue weighted by Crippen LogP contribution is 2.20. The van der Waals surface area contributed by atoms with Crippen molar-refractivity contribution < 1.29 is 14.6 Å². The Morgan fingerprint density at radius 2 is 2.18 bits per heavy atom. The molecule has 1 aromatic heterocycles. The lowest BCUT2D eigenvalue weighted by molar-refractivity contribution is 0.104. The SMILES string of the molecule is COCC(C)(CCO)NC(=O)Nc1ccc2[nH]c(C)cc2c1. The van der Waals surface area contributed by atoms with Gasteiger partial charge < -0.3 is 25.5 Å². The standard InChI is InChI=1S/C16H23N3O3/c1-11-8-12-9-13(4-5-14(12)17-11)18-15(21)19-16(2,6-7-20)10-22-3/h4-5,8-9,17,20H,6-7,10H2,1-3H3,(H2,18,19,21). The van der Waals surface area contributed by atoms with Gasteiger partial charge in [0.1, 0.15) is 0 Å². The van der Waals surface area contributed by atoms with Crippen LogP contribution in [0.4, 0.5) is 10.5 Å². The van der Waals surface area contributed by atoms with Gasteiger partial charge in [0.05, 0.1) is 12.1 Å². The Morgan fingerprint density at radius 3 is 2.86 bits per heavy atom. The van der Waals surface area contributed by atoms with Gasteiger partial charge in [0.25, 0.3) is 0 Å². The summed E-state index contributed by atoms with van der Waals surface area (Å²) in [5, 5.41) is 15.8. The lowest BCUT2D eigenvalue weighted by atomic mass is 10.00. The highest BCUT2D eigenvalue weighted by molar-refractivity contribution is 5.93. The van der Waals surface area contributed by atoms with Crippen molar-refractivity contribution in [3.05, 3.63) is 30.0 Å². The van der Waals surface area contributed by atoms with Crippen molar-refractivity contribution in [1.82, 2.24) is 10.3 Å². The first-order valence-electron chi connectivity index (χ1n) is 7.24. The number of rotatable bonds is 6. The second kappa shape index (κ2) is 6.81. The van der Waals surface area contributed by atoms with Gasteiger partial charge in [-0.1, -0.05) is 0 Å². The van der Waals surface area contributed by atoms with E-state index in [9.17, 15) is 4.79 Å². The molecule has 2 rings (SSSR count). The second-order valence-electron chi connectivity index (χ2n) is 5.80. The van der Waals surface area contributed by atoms with Crippen molar-refractivity contribution in [2.24, 2.45) is 0 Å². The second-order valence-corrected chi connectivity index (χ2v) is 5.80. The van der Waals surface area contributed by atoms with E-state index in [4.69, 9.17) is 9.84 Å². The van der Waals surface area contributed by atoms with Gasteiger partial charge >= 0.3 is 6.03 Å². The molecular formula is C16H23N3O3. The van der Waals surface area contributed by atoms with E-state index in [-0.39, 0.29) is 12.6 Å². The Kier molecular flexibility index (Phi) is 5.05. The number of H-pyrrole nitrogens is 1. The van der Waals surface area contributed by atoms with Gasteiger partial charge in [-0.2, -0.15) is 0 Å². The fraction of sp³-hybridized carbons (Fsp3) is 0.438. The first kappa shape index (κ1) is 16.3. The van der Waals surface area contributed by atoms with Crippen LogP contribution in [0.25, 0.3) is 10.9 Å². The number of aryl methyl sites for hydroxylation is 1. The molecule has 0 saturated heterocycles. The van der Waals surface area contributed by atoms with Gasteiger partial charge in [-0.25, -0.2) is 4.79 Å². The number of urea groups is 1. The number of benzene rings is 1. The van der Waals surface area contributed by atoms with Gasteiger partial charge in [0.15, 0.2) is 0 Å². The molecule has 0 saturated carbocycles. The Bertz CT molecular complexity index is 645. The molecular weight excluding hydrogens is 282 g/mol. The summed E-state index contributed by atoms with van der Waals surface area (Å²) >= 11 is 0. The van der Waals surface area contributed by atoms with E-state index in [1.54, 1.807) is 7.11 Å². The van der Waals surface area contributed by atoms with E-state index in [1.165, 1.54) is 0 Å². The van der Waals surface area contributed by atoms with Crippen molar-refractivity contribution in [2.45, 2.75) is 25.8 Å². The average Bonchev–Trinajstić information content (AvgIpc) is 2.78. The minimum absolute atomic E-state index is 0.0191. The number of aliphatic hydroxyl groups excluding tert-OH is 1. The van der Waals surface area contributed by atoms with Gasteiger partial charge in [-0.3, -0.25) is 0 Å². The number of hydrogen-bond donors (Lipinski definition) is 4. The largest absolute Gasteiger partial charge is 0.396 e. The van der Waals surface area contributed by atoms with E-state index in [0.717, 1.165) is 16.6 Å². The molecule has 0 bridgehead atoms. The third-order valence-corrected chi connectivity index (χ3v) is 3.56. The van der Waals surface area contributed by atoms with Crippen LogP contribution in [0.3, 0.4) is 0 Å². The number of amides is 2. The van der Waals surface area contributed by atoms with Crippen LogP contribution in [0.2, 0.25) is 0 Å². The number of aliphatic hydroxyl groups is 1. The molecule has 0 spiro atoms. The van der Waals surface area contributed by atoms with Crippen LogP contribution in [0.5, 0.6) is 0 Å². The molecule has 4 N–H and O–H groups in total. The number of fused-ring (bicyclic) bond motifs is 1. The monoisotopic (exact) mass is 305 g/mol. The van der Waals surface area contributed by atoms with Crippen molar-refractivity contribution in [1.29, 1.82) is 0 Å². The molecule has 0 radical (unpaired) electrons. The minimum atomic E-state index is -0.609. The smallest absolute Gasteiger partial charge is 0.319 e. The summed E-state index contributed by atoms with van der Waals surface area (Å²) in [6.07, 6.45) is 0.421. The molecule has 0 aliphatic rings. The molecule has 1 unspecified atom stereocenters. The van der Waals surface area contributed by atoms with Crippen molar-refractivity contribution in [3.8, 4) is 0 Å². The Labute approximate surface area is 129 Å². The van der Waals surface area contributed by atoms with Crippen molar-refractivity contribution >= 4 is 22.6 Å². The van der Waals surface area contributed by atoms with E-state index in [0.29, 0.717) is 18.7 Å². The Balaban J connectivity index is 2.05. The van der Waals surface area contributed by atoms with E-state index < -0.39 is 5.54 Å². The number of methoxy groups -OCH3 is 1. The predicted molar refractivity (Wildman–Crippen MR) is 87.2 cm³/mol. The molecule has 120 valence electrons. The van der Waals surface area contributed by atoms with Gasteiger partial charge in [-0.15, -0.1) is 0 Å². The molecule has 2 aromatic rings. The first-order chi connectivity index (χ1) is 10.5. The number of aromatic nitrogens is 1. The highest BCUT2D eigenvalue weighted by Gasteiger charge is 2.25. The quantitative estimate of drug-likeness (QED) is 0.661. The highest BCUT2D eigenvalue weighted by atomic mass is 16.5. The summed E-state index contributed by atoms with van der Waals surface area (Å²) in [4.78, 5) is 15.4. The molecule has 1 heterocycles. The zero-order chi connectivity index (χ0) is 16.2. The molecule has 6 heteroatoms. The van der Waals surface area contributed by atoms with E-state index in [1.807, 2.05) is 38.1 Å². The van der Waals surface area contributed by atoms with Crippen LogP contribution < -0.4 is 10.6 Å². The number of aromatic amines is 1. The Morgan fingerprint density at radius 1 is 1.41 bits per heavy atom. The number of carbonyl (C=O) groups is 1. The fourth-order valence-corrected chi connectivity index (χ4v) is 2.53. The number of hydrogen-bond acceptors (Lipinski definition) is 3. The molecule has 6 nitrogen and oxygen atoms in total. The van der Waals surface area contributed by atoms with Crippen LogP contribution in [0, 0.1) is 6.92 Å². The topological polar surface area (TPSA) is 86.4 Å². The molecule has 1 aromatic carbocycles. The third-order valence-electron chi connectivity index (χ3n) is 3.56. The molecule has 0 aliphatic carbocycles. The normalized spacial score (nSPS) is 13.8. The van der Waals surface area contributed by atoms with Gasteiger partial charge in [0, 0.05) is 36.0 Å². The van der Waals surface area contributed by atoms with Crippen LogP contribution in [0.1, 0.15) is 19.0 Å². The summed E-state index contributed by atoms with van der Waals surface area (Å²) < 4.78 is 5.11. The molecule has 1 atom stereocenters. The average molecular weight is 305 g/mol. The zero-order valence-corrected chi connectivity index (χ0v) is 13.2. The Hall–Kier alpha value is -2.05. The maximum atomic E-state index is 12.2. The van der Waals surface area contributed by atoms with Gasteiger partial charge in [-0.05, 0) is 44.5 Å². The number of carbonyl (C=O) groups excluding carboxylic acids is 1. The maximum Gasteiger partial charge on any atom is 0.319 e. The van der Waals surface area contributed by atoms with E-state index >= 15 is 0 Å². The van der Waals surface area contributed by atoms with Crippen LogP contribution in [-0.2, 0) is 4.74 Å². The minimum Gasteiger partial charge on any atom is -0.396 e. The molecule has 0 aliphatic heterocycles. The summed E-state index contributed by atoms with van der Waals surface area (Å²) in [6, 6.07) is 7.40. The number of nitrogens with one attached hydrogen (secondary N) is 3. The van der Waals surface area contributed by atoms with Crippen molar-refractivity contribution in [3.63, 3.8) is 0 Å². The van der Waals surface area contributed by atoms with Crippen LogP contribution >= 0.6 is 0 Å². The lowest BCUT2D eigenvalue weighted by Crippen LogP contribution is -2.51. The third kappa shape index (κ3) is 3.99. The number of anilines is 1. The summed E-state index contributed by atoms with van der Waals surface area (Å²) in [5.41, 5.74) is 2.22. The summed E-state index contributed by atoms with van der Waals surface area (Å²) in [6.45, 7) is 4.14. The zero-order valence-electron chi connectivity index (χ0n) is 13.2. The van der Waals surface area contributed by atoms with E-state index in [2.05, 4.69) is 15.6 Å². The maximum absolute atomic E-state index is 12.2. The molecule has 22 heavy (non-hydrogen) atoms. The van der Waals surface area contributed by atoms with Crippen molar-refractivity contribution in [2.75, 3.05) is 25.6 Å². The number of ether oxygens (including phenoxy) is 1.